The first-order valence-corrected chi connectivity index (χ1v) is 14.3. The molecular formula is C12H12B3Li5O22S3. The van der Waals surface area contributed by atoms with Crippen LogP contribution in [-0.2, 0) is 80.3 Å². The monoisotopic (exact) mass is 672 g/mol. The van der Waals surface area contributed by atoms with Gasteiger partial charge in [0.05, 0.1) is 17.9 Å². The van der Waals surface area contributed by atoms with Crippen LogP contribution in [-0.4, -0.2) is 92.8 Å². The van der Waals surface area contributed by atoms with Crippen molar-refractivity contribution in [2.45, 2.75) is 41.9 Å². The molecule has 33 heteroatoms. The second-order valence-electron chi connectivity index (χ2n) is 7.02. The Hall–Kier alpha value is 0.142. The van der Waals surface area contributed by atoms with Gasteiger partial charge in [-0.15, -0.1) is 0 Å². The maximum absolute atomic E-state index is 12.2. The van der Waals surface area contributed by atoms with Crippen molar-refractivity contribution in [2.75, 3.05) is 0 Å². The molecule has 0 aromatic heterocycles. The first-order valence-electron chi connectivity index (χ1n) is 9.87. The van der Waals surface area contributed by atoms with E-state index in [0.717, 1.165) is 6.92 Å². The van der Waals surface area contributed by atoms with Gasteiger partial charge in [-0.3, -0.25) is 12.3 Å². The van der Waals surface area contributed by atoms with E-state index in [9.17, 15) is 74.8 Å². The van der Waals surface area contributed by atoms with Crippen molar-refractivity contribution in [1.82, 2.24) is 0 Å². The van der Waals surface area contributed by atoms with Crippen LogP contribution in [0.2, 0.25) is 0 Å². The second-order valence-corrected chi connectivity index (χ2v) is 12.3. The third-order valence-corrected chi connectivity index (χ3v) is 8.82. The van der Waals surface area contributed by atoms with Gasteiger partial charge in [-0.25, -0.2) is 0 Å². The van der Waals surface area contributed by atoms with Gasteiger partial charge in [-0.2, -0.15) is 25.3 Å². The first kappa shape index (κ1) is 54.6. The molecule has 0 amide bonds. The van der Waals surface area contributed by atoms with Crippen molar-refractivity contribution >= 4 is 82.2 Å². The third-order valence-electron chi connectivity index (χ3n) is 4.21. The SMILES string of the molecule is CCC(C(=O)[O-])S(=O)(=O)OB1OB(OS(=O)(=O)C(CC(=O)[O-])C(=O)[O-])OB(OS(=O)(=O)C(CC(=O)[O-])C(=O)[O-])O1.[Li+].[Li+].[Li+].[Li+].[Li+]. The van der Waals surface area contributed by atoms with Crippen LogP contribution < -0.4 is 120 Å². The van der Waals surface area contributed by atoms with Crippen molar-refractivity contribution in [3.8, 4) is 0 Å². The Bertz CT molecular complexity index is 1270. The van der Waals surface area contributed by atoms with Gasteiger partial charge >= 0.3 is 116 Å². The zero-order valence-corrected chi connectivity index (χ0v) is 26.7. The largest absolute Gasteiger partial charge is 1.00 e. The summed E-state index contributed by atoms with van der Waals surface area (Å²) in [6.45, 7) is 1.01. The number of rotatable bonds is 17. The van der Waals surface area contributed by atoms with Gasteiger partial charge in [0.15, 0.2) is 0 Å². The minimum absolute atomic E-state index is 0. The minimum Gasteiger partial charge on any atom is -0.550 e. The second kappa shape index (κ2) is 22.7. The van der Waals surface area contributed by atoms with Gasteiger partial charge in [-0.1, -0.05) is 6.92 Å². The Balaban J connectivity index is -0.00000107. The predicted molar refractivity (Wildman–Crippen MR) is 106 cm³/mol. The van der Waals surface area contributed by atoms with Gasteiger partial charge in [-0.05, 0) is 6.42 Å². The molecule has 1 aliphatic heterocycles. The Labute approximate surface area is 316 Å². The summed E-state index contributed by atoms with van der Waals surface area (Å²) in [5.74, 6) is -11.9. The van der Waals surface area contributed by atoms with Gasteiger partial charge < -0.3 is 63.2 Å². The normalized spacial score (nSPS) is 15.2. The van der Waals surface area contributed by atoms with E-state index in [2.05, 4.69) is 26.0 Å². The summed E-state index contributed by atoms with van der Waals surface area (Å²) >= 11 is 0. The average molecular weight is 672 g/mol. The van der Waals surface area contributed by atoms with Crippen LogP contribution in [0.25, 0.3) is 0 Å². The van der Waals surface area contributed by atoms with E-state index in [4.69, 9.17) is 0 Å². The van der Waals surface area contributed by atoms with Gasteiger partial charge in [0.25, 0.3) is 30.4 Å². The fraction of sp³-hybridized carbons (Fsp3) is 0.583. The third kappa shape index (κ3) is 17.4. The van der Waals surface area contributed by atoms with E-state index in [-0.39, 0.29) is 94.3 Å². The zero-order chi connectivity index (χ0) is 31.2. The quantitative estimate of drug-likeness (QED) is 0.129. The van der Waals surface area contributed by atoms with Gasteiger partial charge in [0, 0.05) is 24.8 Å². The molecule has 0 saturated carbocycles. The molecule has 0 spiro atoms. The van der Waals surface area contributed by atoms with E-state index in [1.54, 1.807) is 0 Å². The number of carboxylic acids is 5. The van der Waals surface area contributed by atoms with Crippen LogP contribution in [0.4, 0.5) is 0 Å². The number of carbonyl (C=O) groups excluding carboxylic acids is 5. The predicted octanol–water partition coefficient (Wildman–Crippen LogP) is -25.9. The van der Waals surface area contributed by atoms with Crippen LogP contribution >= 0.6 is 0 Å². The van der Waals surface area contributed by atoms with Crippen LogP contribution in [0.1, 0.15) is 26.2 Å². The van der Waals surface area contributed by atoms with Crippen molar-refractivity contribution in [3.63, 3.8) is 0 Å². The molecule has 0 bridgehead atoms. The minimum atomic E-state index is -5.72. The fourth-order valence-corrected chi connectivity index (χ4v) is 5.56. The molecule has 1 rings (SSSR count). The summed E-state index contributed by atoms with van der Waals surface area (Å²) in [7, 11) is -25.9. The smallest absolute Gasteiger partial charge is 0.550 e. The van der Waals surface area contributed by atoms with Crippen LogP contribution in [0.5, 0.6) is 0 Å². The van der Waals surface area contributed by atoms with Crippen LogP contribution in [0.3, 0.4) is 0 Å². The molecule has 1 aliphatic rings. The molecule has 0 aromatic carbocycles. The Morgan fingerprint density at radius 1 is 0.533 bits per heavy atom. The molecule has 1 heterocycles. The first-order chi connectivity index (χ1) is 18.1. The molecule has 0 N–H and O–H groups in total. The van der Waals surface area contributed by atoms with Gasteiger partial charge in [0.1, 0.15) is 15.7 Å². The number of carbonyl (C=O) groups is 5. The summed E-state index contributed by atoms with van der Waals surface area (Å²) < 4.78 is 99.1. The van der Waals surface area contributed by atoms with E-state index in [0.29, 0.717) is 0 Å². The molecular weight excluding hydrogens is 659 g/mol. The molecule has 45 heavy (non-hydrogen) atoms. The summed E-state index contributed by atoms with van der Waals surface area (Å²) in [6, 6.07) is 0. The van der Waals surface area contributed by atoms with E-state index < -0.39 is 117 Å². The Morgan fingerprint density at radius 3 is 0.933 bits per heavy atom. The molecule has 3 unspecified atom stereocenters. The summed E-state index contributed by atoms with van der Waals surface area (Å²) in [6.07, 6.45) is -4.31. The molecule has 1 saturated heterocycles. The number of carboxylic acid groups (broad SMARTS) is 5. The van der Waals surface area contributed by atoms with Crippen molar-refractivity contribution in [3.05, 3.63) is 0 Å². The zero-order valence-electron chi connectivity index (χ0n) is 24.3. The number of hydrogen-bond donors (Lipinski definition) is 0. The van der Waals surface area contributed by atoms with Crippen molar-refractivity contribution in [1.29, 1.82) is 0 Å². The molecule has 0 radical (unpaired) electrons. The Morgan fingerprint density at radius 2 is 0.756 bits per heavy atom. The molecule has 1 fully saturated rings. The van der Waals surface area contributed by atoms with Crippen LogP contribution in [0, 0.1) is 0 Å². The maximum atomic E-state index is 12.2. The summed E-state index contributed by atoms with van der Waals surface area (Å²) in [5.41, 5.74) is 0. The van der Waals surface area contributed by atoms with Crippen molar-refractivity contribution < 1.29 is 195 Å². The molecule has 22 nitrogen and oxygen atoms in total. The average Bonchev–Trinajstić information content (AvgIpc) is 2.73. The molecule has 0 aliphatic carbocycles. The Kier molecular flexibility index (Phi) is 27.6. The summed E-state index contributed by atoms with van der Waals surface area (Å²) in [5, 5.41) is 46.0. The van der Waals surface area contributed by atoms with E-state index >= 15 is 0 Å². The molecule has 224 valence electrons. The molecule has 3 atom stereocenters. The van der Waals surface area contributed by atoms with Crippen molar-refractivity contribution in [2.24, 2.45) is 0 Å². The maximum Gasteiger partial charge on any atom is 1.00 e. The standard InChI is InChI=1S/C12H17B3O22S3.5Li/c1-2-5(10(20)21)38(26,27)35-13-32-14(36-39(28,29)6(11(22)23)3-8(16)17)34-15(33-13)37-40(30,31)7(12(24)25)4-9(18)19;;;;;/h5-7H,2-4H2,1H3,(H,16,17)(H,18,19)(H,20,21)(H,22,23)(H,24,25);;;;;/q;5*+1/p-5. The fourth-order valence-electron chi connectivity index (χ4n) is 2.43. The van der Waals surface area contributed by atoms with Crippen LogP contribution in [0.15, 0.2) is 0 Å². The summed E-state index contributed by atoms with van der Waals surface area (Å²) in [4.78, 5) is 54.6. The topological polar surface area (TPSA) is 358 Å². The van der Waals surface area contributed by atoms with E-state index in [1.807, 2.05) is 0 Å². The number of aliphatic carboxylic acids is 5. The number of hydrogen-bond acceptors (Lipinski definition) is 22. The molecule has 0 aromatic rings. The van der Waals surface area contributed by atoms with E-state index in [1.165, 1.54) is 0 Å². The van der Waals surface area contributed by atoms with Gasteiger partial charge in [0.2, 0.25) is 0 Å².